The van der Waals surface area contributed by atoms with Crippen LogP contribution in [0.2, 0.25) is 15.1 Å². The van der Waals surface area contributed by atoms with Gasteiger partial charge in [-0.15, -0.1) is 0 Å². The Hall–Kier alpha value is -2.78. The summed E-state index contributed by atoms with van der Waals surface area (Å²) in [7, 11) is -3.92. The number of rotatable bonds is 13. The van der Waals surface area contributed by atoms with Gasteiger partial charge in [-0.25, -0.2) is 8.42 Å². The molecule has 2 amide bonds. The number of unbranched alkanes of at least 4 members (excludes halogenated alkanes) is 1. The van der Waals surface area contributed by atoms with Gasteiger partial charge < -0.3 is 10.2 Å². The fourth-order valence-corrected chi connectivity index (χ4v) is 5.96. The maximum absolute atomic E-state index is 14.2. The number of hydrogen-bond donors (Lipinski definition) is 1. The van der Waals surface area contributed by atoms with Crippen LogP contribution < -0.4 is 9.62 Å². The van der Waals surface area contributed by atoms with E-state index in [0.717, 1.165) is 29.0 Å². The number of carbonyl (C=O) groups is 2. The van der Waals surface area contributed by atoms with Crippen molar-refractivity contribution in [2.75, 3.05) is 23.7 Å². The molecule has 1 atom stereocenters. The van der Waals surface area contributed by atoms with Crippen molar-refractivity contribution in [3.63, 3.8) is 0 Å². The third-order valence-corrected chi connectivity index (χ3v) is 8.92. The SMILES string of the molecule is CCCCNC(=O)[C@@H](Cc1ccccc1)N(Cc1c(Cl)cccc1Cl)C(=O)CN(c1cccc(Cl)c1C)S(C)(=O)=O. The number of hydrogen-bond acceptors (Lipinski definition) is 4. The van der Waals surface area contributed by atoms with Gasteiger partial charge in [-0.3, -0.25) is 13.9 Å². The molecule has 0 unspecified atom stereocenters. The van der Waals surface area contributed by atoms with Gasteiger partial charge in [-0.2, -0.15) is 0 Å². The summed E-state index contributed by atoms with van der Waals surface area (Å²) in [6, 6.07) is 18.2. The highest BCUT2D eigenvalue weighted by atomic mass is 35.5. The van der Waals surface area contributed by atoms with E-state index in [4.69, 9.17) is 34.8 Å². The van der Waals surface area contributed by atoms with E-state index in [0.29, 0.717) is 32.7 Å². The second kappa shape index (κ2) is 14.9. The van der Waals surface area contributed by atoms with Gasteiger partial charge in [0.15, 0.2) is 0 Å². The average molecular weight is 639 g/mol. The summed E-state index contributed by atoms with van der Waals surface area (Å²) in [5, 5.41) is 3.95. The molecule has 0 radical (unpaired) electrons. The molecule has 0 spiro atoms. The molecule has 41 heavy (non-hydrogen) atoms. The van der Waals surface area contributed by atoms with E-state index in [2.05, 4.69) is 5.32 Å². The quantitative estimate of drug-likeness (QED) is 0.223. The van der Waals surface area contributed by atoms with Crippen LogP contribution in [0.1, 0.15) is 36.5 Å². The van der Waals surface area contributed by atoms with Gasteiger partial charge in [0.1, 0.15) is 12.6 Å². The van der Waals surface area contributed by atoms with Crippen LogP contribution in [-0.2, 0) is 32.6 Å². The molecule has 0 fully saturated rings. The predicted molar refractivity (Wildman–Crippen MR) is 167 cm³/mol. The number of amides is 2. The summed E-state index contributed by atoms with van der Waals surface area (Å²) < 4.78 is 27.0. The first-order valence-corrected chi connectivity index (χ1v) is 16.2. The Morgan fingerprint density at radius 2 is 1.51 bits per heavy atom. The molecule has 0 aliphatic rings. The van der Waals surface area contributed by atoms with Gasteiger partial charge in [0.25, 0.3) is 0 Å². The fraction of sp³-hybridized carbons (Fsp3) is 0.333. The molecule has 0 bridgehead atoms. The largest absolute Gasteiger partial charge is 0.354 e. The van der Waals surface area contributed by atoms with Gasteiger partial charge in [-0.1, -0.05) is 90.6 Å². The molecule has 0 saturated heterocycles. The van der Waals surface area contributed by atoms with E-state index >= 15 is 0 Å². The number of halogens is 3. The summed E-state index contributed by atoms with van der Waals surface area (Å²) in [5.41, 5.74) is 2.06. The van der Waals surface area contributed by atoms with E-state index < -0.39 is 28.5 Å². The van der Waals surface area contributed by atoms with E-state index in [1.54, 1.807) is 43.3 Å². The van der Waals surface area contributed by atoms with Gasteiger partial charge in [-0.05, 0) is 48.7 Å². The number of nitrogens with one attached hydrogen (secondary N) is 1. The Morgan fingerprint density at radius 1 is 0.902 bits per heavy atom. The molecule has 11 heteroatoms. The average Bonchev–Trinajstić information content (AvgIpc) is 2.92. The van der Waals surface area contributed by atoms with E-state index in [9.17, 15) is 18.0 Å². The standard InChI is InChI=1S/C30H34Cl3N3O4S/c1-4-5-17-34-30(38)28(18-22-11-7-6-8-12-22)35(19-23-25(32)14-9-15-26(23)33)29(37)20-36(41(3,39)40)27-16-10-13-24(31)21(27)2/h6-16,28H,4-5,17-20H2,1-3H3,(H,34,38)/t28-/m1/s1. The normalized spacial score (nSPS) is 12.0. The molecule has 3 aromatic carbocycles. The molecule has 0 aromatic heterocycles. The predicted octanol–water partition coefficient (Wildman–Crippen LogP) is 6.28. The van der Waals surface area contributed by atoms with Crippen LogP contribution in [0.4, 0.5) is 5.69 Å². The van der Waals surface area contributed by atoms with Gasteiger partial charge in [0.2, 0.25) is 21.8 Å². The molecule has 0 heterocycles. The second-order valence-electron chi connectivity index (χ2n) is 9.73. The lowest BCUT2D eigenvalue weighted by atomic mass is 10.0. The first-order valence-electron chi connectivity index (χ1n) is 13.2. The highest BCUT2D eigenvalue weighted by molar-refractivity contribution is 7.92. The Kier molecular flexibility index (Phi) is 11.9. The Labute approximate surface area is 257 Å². The minimum absolute atomic E-state index is 0.109. The zero-order chi connectivity index (χ0) is 30.2. The molecule has 1 N–H and O–H groups in total. The zero-order valence-electron chi connectivity index (χ0n) is 23.2. The first kappa shape index (κ1) is 32.7. The summed E-state index contributed by atoms with van der Waals surface area (Å²) in [6.45, 7) is 3.46. The van der Waals surface area contributed by atoms with Crippen LogP contribution in [0, 0.1) is 6.92 Å². The third-order valence-electron chi connectivity index (χ3n) is 6.68. The van der Waals surface area contributed by atoms with Crippen LogP contribution >= 0.6 is 34.8 Å². The maximum Gasteiger partial charge on any atom is 0.244 e. The van der Waals surface area contributed by atoms with E-state index in [1.807, 2.05) is 37.3 Å². The van der Waals surface area contributed by atoms with Crippen molar-refractivity contribution in [1.82, 2.24) is 10.2 Å². The van der Waals surface area contributed by atoms with Crippen molar-refractivity contribution in [3.05, 3.63) is 98.5 Å². The highest BCUT2D eigenvalue weighted by Gasteiger charge is 2.34. The number of sulfonamides is 1. The summed E-state index contributed by atoms with van der Waals surface area (Å²) in [5.74, 6) is -0.957. The minimum atomic E-state index is -3.92. The van der Waals surface area contributed by atoms with Crippen LogP contribution in [0.15, 0.2) is 66.7 Å². The Balaban J connectivity index is 2.11. The van der Waals surface area contributed by atoms with Gasteiger partial charge >= 0.3 is 0 Å². The number of anilines is 1. The summed E-state index contributed by atoms with van der Waals surface area (Å²) in [6.07, 6.45) is 2.87. The molecule has 220 valence electrons. The van der Waals surface area contributed by atoms with Crippen molar-refractivity contribution in [3.8, 4) is 0 Å². The van der Waals surface area contributed by atoms with Crippen molar-refractivity contribution in [2.24, 2.45) is 0 Å². The van der Waals surface area contributed by atoms with Crippen LogP contribution in [0.5, 0.6) is 0 Å². The van der Waals surface area contributed by atoms with E-state index in [-0.39, 0.29) is 24.6 Å². The number of nitrogens with zero attached hydrogens (tertiary/aromatic N) is 2. The summed E-state index contributed by atoms with van der Waals surface area (Å²) >= 11 is 19.3. The van der Waals surface area contributed by atoms with Crippen molar-refractivity contribution in [1.29, 1.82) is 0 Å². The number of carbonyl (C=O) groups excluding carboxylic acids is 2. The van der Waals surface area contributed by atoms with Crippen LogP contribution in [0.3, 0.4) is 0 Å². The minimum Gasteiger partial charge on any atom is -0.354 e. The van der Waals surface area contributed by atoms with Crippen LogP contribution in [0.25, 0.3) is 0 Å². The zero-order valence-corrected chi connectivity index (χ0v) is 26.3. The Morgan fingerprint density at radius 3 is 2.12 bits per heavy atom. The fourth-order valence-electron chi connectivity index (χ4n) is 4.37. The molecule has 0 aliphatic heterocycles. The smallest absolute Gasteiger partial charge is 0.244 e. The van der Waals surface area contributed by atoms with Crippen LogP contribution in [-0.4, -0.2) is 50.5 Å². The van der Waals surface area contributed by atoms with Gasteiger partial charge in [0, 0.05) is 40.1 Å². The molecule has 0 aliphatic carbocycles. The Bertz CT molecular complexity index is 1450. The number of benzene rings is 3. The molecule has 0 saturated carbocycles. The second-order valence-corrected chi connectivity index (χ2v) is 12.9. The lowest BCUT2D eigenvalue weighted by molar-refractivity contribution is -0.140. The van der Waals surface area contributed by atoms with Crippen molar-refractivity contribution in [2.45, 2.75) is 45.7 Å². The third kappa shape index (κ3) is 8.85. The molecule has 3 aromatic rings. The van der Waals surface area contributed by atoms with Crippen molar-refractivity contribution >= 4 is 62.3 Å². The maximum atomic E-state index is 14.2. The molecule has 3 rings (SSSR count). The molecular formula is C30H34Cl3N3O4S. The molecule has 7 nitrogen and oxygen atoms in total. The molecular weight excluding hydrogens is 605 g/mol. The monoisotopic (exact) mass is 637 g/mol. The highest BCUT2D eigenvalue weighted by Crippen LogP contribution is 2.30. The lowest BCUT2D eigenvalue weighted by Crippen LogP contribution is -2.53. The summed E-state index contributed by atoms with van der Waals surface area (Å²) in [4.78, 5) is 29.2. The first-order chi connectivity index (χ1) is 19.4. The van der Waals surface area contributed by atoms with Gasteiger partial charge in [0.05, 0.1) is 11.9 Å². The lowest BCUT2D eigenvalue weighted by Gasteiger charge is -2.34. The van der Waals surface area contributed by atoms with Crippen molar-refractivity contribution < 1.29 is 18.0 Å². The topological polar surface area (TPSA) is 86.8 Å². The van der Waals surface area contributed by atoms with E-state index in [1.165, 1.54) is 4.90 Å².